The van der Waals surface area contributed by atoms with Crippen LogP contribution >= 0.6 is 0 Å². The van der Waals surface area contributed by atoms with Gasteiger partial charge < -0.3 is 16.0 Å². The minimum absolute atomic E-state index is 0.0391. The minimum atomic E-state index is -0.123. The van der Waals surface area contributed by atoms with E-state index in [0.717, 1.165) is 25.9 Å². The van der Waals surface area contributed by atoms with Crippen LogP contribution in [0.5, 0.6) is 0 Å². The van der Waals surface area contributed by atoms with Gasteiger partial charge in [0, 0.05) is 31.5 Å². The van der Waals surface area contributed by atoms with E-state index in [1.54, 1.807) is 0 Å². The highest BCUT2D eigenvalue weighted by molar-refractivity contribution is 5.82. The summed E-state index contributed by atoms with van der Waals surface area (Å²) in [5.41, 5.74) is 5.16. The molecule has 1 aliphatic carbocycles. The third-order valence-corrected chi connectivity index (χ3v) is 2.97. The molecular formula is C10H17N3O2. The first-order chi connectivity index (χ1) is 7.20. The Morgan fingerprint density at radius 2 is 2.00 bits per heavy atom. The van der Waals surface area contributed by atoms with E-state index in [-0.39, 0.29) is 12.5 Å². The summed E-state index contributed by atoms with van der Waals surface area (Å²) in [6.45, 7) is 2.27. The van der Waals surface area contributed by atoms with E-state index in [2.05, 4.69) is 5.32 Å². The van der Waals surface area contributed by atoms with Crippen LogP contribution in [-0.4, -0.2) is 42.9 Å². The van der Waals surface area contributed by atoms with Gasteiger partial charge in [-0.25, -0.2) is 0 Å². The van der Waals surface area contributed by atoms with Crippen LogP contribution in [0.15, 0.2) is 0 Å². The zero-order chi connectivity index (χ0) is 10.8. The first-order valence-electron chi connectivity index (χ1n) is 5.46. The van der Waals surface area contributed by atoms with E-state index in [4.69, 9.17) is 5.73 Å². The molecular weight excluding hydrogens is 194 g/mol. The number of rotatable bonds is 4. The van der Waals surface area contributed by atoms with Crippen molar-refractivity contribution in [3.05, 3.63) is 0 Å². The SMILES string of the molecule is NCC(=O)NCC1CN(C(=O)C2CC2)C1. The van der Waals surface area contributed by atoms with Crippen molar-refractivity contribution >= 4 is 11.8 Å². The largest absolute Gasteiger partial charge is 0.355 e. The molecule has 0 unspecified atom stereocenters. The van der Waals surface area contributed by atoms with Crippen LogP contribution in [0.25, 0.3) is 0 Å². The lowest BCUT2D eigenvalue weighted by Crippen LogP contribution is -2.54. The summed E-state index contributed by atoms with van der Waals surface area (Å²) in [7, 11) is 0. The van der Waals surface area contributed by atoms with Crippen molar-refractivity contribution in [1.82, 2.24) is 10.2 Å². The maximum absolute atomic E-state index is 11.5. The number of likely N-dealkylation sites (tertiary alicyclic amines) is 1. The van der Waals surface area contributed by atoms with Gasteiger partial charge in [-0.3, -0.25) is 9.59 Å². The van der Waals surface area contributed by atoms with E-state index in [0.29, 0.717) is 24.3 Å². The summed E-state index contributed by atoms with van der Waals surface area (Å²) < 4.78 is 0. The molecule has 0 aromatic carbocycles. The highest BCUT2D eigenvalue weighted by Crippen LogP contribution is 2.33. The van der Waals surface area contributed by atoms with Crippen molar-refractivity contribution in [1.29, 1.82) is 0 Å². The van der Waals surface area contributed by atoms with E-state index < -0.39 is 0 Å². The van der Waals surface area contributed by atoms with Crippen molar-refractivity contribution in [3.63, 3.8) is 0 Å². The molecule has 84 valence electrons. The maximum Gasteiger partial charge on any atom is 0.233 e. The lowest BCUT2D eigenvalue weighted by molar-refractivity contribution is -0.138. The second-order valence-electron chi connectivity index (χ2n) is 4.39. The van der Waals surface area contributed by atoms with Crippen LogP contribution in [0, 0.1) is 11.8 Å². The van der Waals surface area contributed by atoms with Gasteiger partial charge in [0.25, 0.3) is 0 Å². The van der Waals surface area contributed by atoms with Gasteiger partial charge in [0.2, 0.25) is 11.8 Å². The van der Waals surface area contributed by atoms with Gasteiger partial charge in [-0.1, -0.05) is 0 Å². The zero-order valence-corrected chi connectivity index (χ0v) is 8.74. The van der Waals surface area contributed by atoms with Crippen LogP contribution in [0.3, 0.4) is 0 Å². The Kier molecular flexibility index (Phi) is 2.90. The number of carbonyl (C=O) groups excluding carboxylic acids is 2. The molecule has 2 rings (SSSR count). The summed E-state index contributed by atoms with van der Waals surface area (Å²) in [6, 6.07) is 0. The fourth-order valence-corrected chi connectivity index (χ4v) is 1.80. The van der Waals surface area contributed by atoms with E-state index >= 15 is 0 Å². The summed E-state index contributed by atoms with van der Waals surface area (Å²) in [4.78, 5) is 24.3. The van der Waals surface area contributed by atoms with E-state index in [1.807, 2.05) is 4.90 Å². The Morgan fingerprint density at radius 1 is 1.33 bits per heavy atom. The minimum Gasteiger partial charge on any atom is -0.355 e. The number of nitrogens with one attached hydrogen (secondary N) is 1. The summed E-state index contributed by atoms with van der Waals surface area (Å²) in [6.07, 6.45) is 2.12. The molecule has 0 radical (unpaired) electrons. The predicted octanol–water partition coefficient (Wildman–Crippen LogP) is -1.07. The Bertz CT molecular complexity index is 270. The molecule has 0 atom stereocenters. The monoisotopic (exact) mass is 211 g/mol. The first kappa shape index (κ1) is 10.4. The highest BCUT2D eigenvalue weighted by atomic mass is 16.2. The first-order valence-corrected chi connectivity index (χ1v) is 5.46. The van der Waals surface area contributed by atoms with Crippen molar-refractivity contribution in [2.75, 3.05) is 26.2 Å². The van der Waals surface area contributed by atoms with Gasteiger partial charge >= 0.3 is 0 Å². The van der Waals surface area contributed by atoms with Crippen molar-refractivity contribution in [2.24, 2.45) is 17.6 Å². The van der Waals surface area contributed by atoms with E-state index in [9.17, 15) is 9.59 Å². The number of amides is 2. The fraction of sp³-hybridized carbons (Fsp3) is 0.800. The summed E-state index contributed by atoms with van der Waals surface area (Å²) in [5, 5.41) is 2.74. The molecule has 0 aromatic heterocycles. The Morgan fingerprint density at radius 3 is 2.53 bits per heavy atom. The molecule has 2 aliphatic rings. The average molecular weight is 211 g/mol. The third-order valence-electron chi connectivity index (χ3n) is 2.97. The Balaban J connectivity index is 1.61. The molecule has 3 N–H and O–H groups in total. The van der Waals surface area contributed by atoms with Crippen molar-refractivity contribution in [2.45, 2.75) is 12.8 Å². The second-order valence-corrected chi connectivity index (χ2v) is 4.39. The van der Waals surface area contributed by atoms with Crippen LogP contribution < -0.4 is 11.1 Å². The van der Waals surface area contributed by atoms with E-state index in [1.165, 1.54) is 0 Å². The summed E-state index contributed by atoms with van der Waals surface area (Å²) in [5.74, 6) is 0.908. The molecule has 0 spiro atoms. The quantitative estimate of drug-likeness (QED) is 0.621. The fourth-order valence-electron chi connectivity index (χ4n) is 1.80. The topological polar surface area (TPSA) is 75.4 Å². The van der Waals surface area contributed by atoms with Crippen LogP contribution in [-0.2, 0) is 9.59 Å². The van der Waals surface area contributed by atoms with Gasteiger partial charge in [-0.2, -0.15) is 0 Å². The zero-order valence-electron chi connectivity index (χ0n) is 8.74. The number of carbonyl (C=O) groups is 2. The van der Waals surface area contributed by atoms with Gasteiger partial charge in [0.15, 0.2) is 0 Å². The van der Waals surface area contributed by atoms with Crippen LogP contribution in [0.4, 0.5) is 0 Å². The predicted molar refractivity (Wildman–Crippen MR) is 54.9 cm³/mol. The number of hydrogen-bond donors (Lipinski definition) is 2. The maximum atomic E-state index is 11.5. The molecule has 5 nitrogen and oxygen atoms in total. The van der Waals surface area contributed by atoms with Crippen molar-refractivity contribution in [3.8, 4) is 0 Å². The number of nitrogens with two attached hydrogens (primary N) is 1. The lowest BCUT2D eigenvalue weighted by atomic mass is 9.99. The average Bonchev–Trinajstić information content (AvgIpc) is 2.97. The van der Waals surface area contributed by atoms with Gasteiger partial charge in [-0.15, -0.1) is 0 Å². The Labute approximate surface area is 89.0 Å². The molecule has 15 heavy (non-hydrogen) atoms. The smallest absolute Gasteiger partial charge is 0.233 e. The van der Waals surface area contributed by atoms with Crippen LogP contribution in [0.2, 0.25) is 0 Å². The summed E-state index contributed by atoms with van der Waals surface area (Å²) >= 11 is 0. The second kappa shape index (κ2) is 4.18. The standard InChI is InChI=1S/C10H17N3O2/c11-3-9(14)12-4-7-5-13(6-7)10(15)8-1-2-8/h7-8H,1-6,11H2,(H,12,14). The molecule has 0 aromatic rings. The number of hydrogen-bond acceptors (Lipinski definition) is 3. The molecule has 2 fully saturated rings. The molecule has 1 saturated heterocycles. The third kappa shape index (κ3) is 2.47. The van der Waals surface area contributed by atoms with Gasteiger partial charge in [-0.05, 0) is 12.8 Å². The Hall–Kier alpha value is -1.10. The van der Waals surface area contributed by atoms with Crippen molar-refractivity contribution < 1.29 is 9.59 Å². The molecule has 1 saturated carbocycles. The molecule has 5 heteroatoms. The molecule has 2 amide bonds. The van der Waals surface area contributed by atoms with Crippen LogP contribution in [0.1, 0.15) is 12.8 Å². The number of nitrogens with zero attached hydrogens (tertiary/aromatic N) is 1. The highest BCUT2D eigenvalue weighted by Gasteiger charge is 2.38. The normalized spacial score (nSPS) is 21.0. The molecule has 0 bridgehead atoms. The van der Waals surface area contributed by atoms with Gasteiger partial charge in [0.1, 0.15) is 0 Å². The lowest BCUT2D eigenvalue weighted by Gasteiger charge is -2.39. The van der Waals surface area contributed by atoms with Gasteiger partial charge in [0.05, 0.1) is 6.54 Å². The molecule has 1 aliphatic heterocycles. The molecule has 1 heterocycles.